The standard InChI is InChI=1S/C37H40N4O9/c42-30-11-9-28(29-10-12-32(44)39-34(29)30)31(43)19-38-18-23-13-15-40(16-14-23)35(46)24-20-41(21-24)33(45)22-50-27-8-4-7-26(17-27)37(49,36(47)48)25-5-2-1-3-6-25/h1-12,17,23-24,31,38,42-43,49H,13-16,18-22H2,(H,39,44)(H,47,48). The first kappa shape index (κ1) is 34.6. The highest BCUT2D eigenvalue weighted by Crippen LogP contribution is 2.33. The lowest BCUT2D eigenvalue weighted by Gasteiger charge is -2.42. The van der Waals surface area contributed by atoms with E-state index in [4.69, 9.17) is 4.74 Å². The lowest BCUT2D eigenvalue weighted by atomic mass is 9.86. The second-order valence-corrected chi connectivity index (χ2v) is 12.9. The number of aliphatic carboxylic acids is 1. The summed E-state index contributed by atoms with van der Waals surface area (Å²) in [5, 5.41) is 45.8. The van der Waals surface area contributed by atoms with Crippen LogP contribution in [0.4, 0.5) is 0 Å². The first-order valence-electron chi connectivity index (χ1n) is 16.6. The minimum atomic E-state index is -2.29. The van der Waals surface area contributed by atoms with Crippen LogP contribution < -0.4 is 15.6 Å². The van der Waals surface area contributed by atoms with E-state index in [1.54, 1.807) is 47.4 Å². The maximum Gasteiger partial charge on any atom is 0.345 e. The summed E-state index contributed by atoms with van der Waals surface area (Å²) in [6.07, 6.45) is 0.769. The normalized spacial score (nSPS) is 17.2. The quantitative estimate of drug-likeness (QED) is 0.129. The van der Waals surface area contributed by atoms with E-state index in [0.717, 1.165) is 12.8 Å². The number of aliphatic hydroxyl groups excluding tert-OH is 1. The van der Waals surface area contributed by atoms with E-state index < -0.39 is 17.7 Å². The smallest absolute Gasteiger partial charge is 0.345 e. The van der Waals surface area contributed by atoms with Gasteiger partial charge in [-0.25, -0.2) is 4.79 Å². The number of aliphatic hydroxyl groups is 2. The van der Waals surface area contributed by atoms with Crippen LogP contribution >= 0.6 is 0 Å². The fourth-order valence-electron chi connectivity index (χ4n) is 6.68. The zero-order chi connectivity index (χ0) is 35.4. The Balaban J connectivity index is 0.921. The van der Waals surface area contributed by atoms with Gasteiger partial charge in [-0.2, -0.15) is 0 Å². The van der Waals surface area contributed by atoms with Crippen LogP contribution in [-0.2, 0) is 20.0 Å². The number of hydrogen-bond donors (Lipinski definition) is 6. The zero-order valence-corrected chi connectivity index (χ0v) is 27.3. The Morgan fingerprint density at radius 1 is 0.940 bits per heavy atom. The Hall–Kier alpha value is -5.24. The molecule has 2 unspecified atom stereocenters. The number of aromatic nitrogens is 1. The number of nitrogens with zero attached hydrogens (tertiary/aromatic N) is 2. The Kier molecular flexibility index (Phi) is 10.2. The van der Waals surface area contributed by atoms with Gasteiger partial charge in [0.15, 0.2) is 6.61 Å². The van der Waals surface area contributed by atoms with E-state index in [1.807, 2.05) is 4.90 Å². The molecule has 262 valence electrons. The highest BCUT2D eigenvalue weighted by Gasteiger charge is 2.41. The fraction of sp³-hybridized carbons (Fsp3) is 0.351. The molecule has 1 aromatic heterocycles. The van der Waals surface area contributed by atoms with E-state index in [1.165, 1.54) is 36.4 Å². The van der Waals surface area contributed by atoms with Crippen molar-refractivity contribution in [3.8, 4) is 11.5 Å². The molecule has 2 amide bonds. The molecule has 13 nitrogen and oxygen atoms in total. The third kappa shape index (κ3) is 7.20. The predicted molar refractivity (Wildman–Crippen MR) is 182 cm³/mol. The molecule has 6 N–H and O–H groups in total. The van der Waals surface area contributed by atoms with E-state index >= 15 is 0 Å². The Bertz CT molecular complexity index is 1920. The molecule has 4 aromatic rings. The minimum absolute atomic E-state index is 0.0237. The van der Waals surface area contributed by atoms with E-state index in [-0.39, 0.29) is 64.6 Å². The topological polar surface area (TPSA) is 193 Å². The number of rotatable bonds is 12. The zero-order valence-electron chi connectivity index (χ0n) is 27.3. The lowest BCUT2D eigenvalue weighted by Crippen LogP contribution is -2.58. The van der Waals surface area contributed by atoms with Crippen LogP contribution in [0.3, 0.4) is 0 Å². The summed E-state index contributed by atoms with van der Waals surface area (Å²) in [6.45, 7) is 2.48. The molecule has 3 aromatic carbocycles. The number of nitrogens with one attached hydrogen (secondary N) is 2. The average molecular weight is 685 g/mol. The molecule has 0 radical (unpaired) electrons. The van der Waals surface area contributed by atoms with Crippen molar-refractivity contribution >= 4 is 28.7 Å². The molecule has 0 spiro atoms. The van der Waals surface area contributed by atoms with Crippen molar-refractivity contribution in [3.05, 3.63) is 106 Å². The molecule has 13 heteroatoms. The van der Waals surface area contributed by atoms with Crippen molar-refractivity contribution in [2.45, 2.75) is 24.5 Å². The Morgan fingerprint density at radius 3 is 2.38 bits per heavy atom. The van der Waals surface area contributed by atoms with Gasteiger partial charge in [0.2, 0.25) is 17.1 Å². The lowest BCUT2D eigenvalue weighted by molar-refractivity contribution is -0.155. The fourth-order valence-corrected chi connectivity index (χ4v) is 6.68. The first-order chi connectivity index (χ1) is 24.0. The van der Waals surface area contributed by atoms with E-state index in [9.17, 15) is 39.6 Å². The van der Waals surface area contributed by atoms with Gasteiger partial charge in [0.05, 0.1) is 17.5 Å². The number of phenols is 1. The maximum absolute atomic E-state index is 13.1. The SMILES string of the molecule is O=C(COc1cccc(C(O)(C(=O)O)c2ccccc2)c1)N1CC(C(=O)N2CCC(CNCC(O)c3ccc(O)c4[nH]c(=O)ccc34)CC2)C1. The monoisotopic (exact) mass is 684 g/mol. The van der Waals surface area contributed by atoms with Gasteiger partial charge in [0, 0.05) is 49.7 Å². The molecule has 0 saturated carbocycles. The van der Waals surface area contributed by atoms with Crippen LogP contribution in [0.25, 0.3) is 10.9 Å². The predicted octanol–water partition coefficient (Wildman–Crippen LogP) is 1.95. The molecule has 2 fully saturated rings. The summed E-state index contributed by atoms with van der Waals surface area (Å²) in [6, 6.07) is 20.1. The van der Waals surface area contributed by atoms with Crippen molar-refractivity contribution in [1.82, 2.24) is 20.1 Å². The summed E-state index contributed by atoms with van der Waals surface area (Å²) < 4.78 is 5.66. The van der Waals surface area contributed by atoms with Gasteiger partial charge < -0.3 is 45.3 Å². The Morgan fingerprint density at radius 2 is 1.66 bits per heavy atom. The molecule has 2 aliphatic heterocycles. The van der Waals surface area contributed by atoms with Crippen molar-refractivity contribution in [2.75, 3.05) is 45.9 Å². The molecule has 2 atom stereocenters. The second-order valence-electron chi connectivity index (χ2n) is 12.9. The third-order valence-electron chi connectivity index (χ3n) is 9.66. The van der Waals surface area contributed by atoms with Crippen molar-refractivity contribution in [1.29, 1.82) is 0 Å². The minimum Gasteiger partial charge on any atom is -0.506 e. The van der Waals surface area contributed by atoms with Gasteiger partial charge in [0.1, 0.15) is 11.5 Å². The number of piperidine rings is 1. The molecular formula is C37H40N4O9. The van der Waals surface area contributed by atoms with Crippen LogP contribution in [0.1, 0.15) is 35.6 Å². The number of H-pyrrole nitrogens is 1. The molecule has 0 bridgehead atoms. The highest BCUT2D eigenvalue weighted by molar-refractivity contribution is 5.88. The molecule has 0 aliphatic carbocycles. The molecule has 50 heavy (non-hydrogen) atoms. The van der Waals surface area contributed by atoms with Crippen LogP contribution in [0.2, 0.25) is 0 Å². The van der Waals surface area contributed by atoms with Gasteiger partial charge in [-0.15, -0.1) is 0 Å². The number of aromatic hydroxyl groups is 1. The molecular weight excluding hydrogens is 644 g/mol. The van der Waals surface area contributed by atoms with Crippen LogP contribution in [0.15, 0.2) is 83.7 Å². The van der Waals surface area contributed by atoms with Gasteiger partial charge in [0.25, 0.3) is 5.91 Å². The summed E-state index contributed by atoms with van der Waals surface area (Å²) in [7, 11) is 0. The number of amides is 2. The van der Waals surface area contributed by atoms with Gasteiger partial charge in [-0.3, -0.25) is 14.4 Å². The molecule has 2 saturated heterocycles. The summed E-state index contributed by atoms with van der Waals surface area (Å²) in [4.78, 5) is 55.7. The molecule has 2 aliphatic rings. The van der Waals surface area contributed by atoms with E-state index in [0.29, 0.717) is 49.6 Å². The Labute approximate surface area is 287 Å². The first-order valence-corrected chi connectivity index (χ1v) is 16.6. The number of benzene rings is 3. The number of pyridine rings is 1. The third-order valence-corrected chi connectivity index (χ3v) is 9.66. The number of hydrogen-bond acceptors (Lipinski definition) is 9. The van der Waals surface area contributed by atoms with Gasteiger partial charge in [-0.05, 0) is 60.7 Å². The van der Waals surface area contributed by atoms with Crippen LogP contribution in [0, 0.1) is 11.8 Å². The number of carboxylic acid groups (broad SMARTS) is 1. The number of aromatic amines is 1. The number of phenolic OH excluding ortho intramolecular Hbond substituents is 1. The van der Waals surface area contributed by atoms with Gasteiger partial charge in [-0.1, -0.05) is 48.5 Å². The van der Waals surface area contributed by atoms with E-state index in [2.05, 4.69) is 10.3 Å². The highest BCUT2D eigenvalue weighted by atomic mass is 16.5. The summed E-state index contributed by atoms with van der Waals surface area (Å²) in [5.41, 5.74) is -1.46. The van der Waals surface area contributed by atoms with Crippen LogP contribution in [0.5, 0.6) is 11.5 Å². The number of carbonyl (C=O) groups excluding carboxylic acids is 2. The second kappa shape index (κ2) is 14.7. The maximum atomic E-state index is 13.1. The molecule has 3 heterocycles. The van der Waals surface area contributed by atoms with Crippen LogP contribution in [-0.4, -0.2) is 98.9 Å². The molecule has 6 rings (SSSR count). The van der Waals surface area contributed by atoms with Gasteiger partial charge >= 0.3 is 5.97 Å². The van der Waals surface area contributed by atoms with Crippen molar-refractivity contribution in [3.63, 3.8) is 0 Å². The number of likely N-dealkylation sites (tertiary alicyclic amines) is 2. The number of carbonyl (C=O) groups is 3. The largest absolute Gasteiger partial charge is 0.506 e. The van der Waals surface area contributed by atoms with Crippen molar-refractivity contribution in [2.24, 2.45) is 11.8 Å². The number of fused-ring (bicyclic) bond motifs is 1. The number of carboxylic acids is 1. The summed E-state index contributed by atoms with van der Waals surface area (Å²) in [5.74, 6) is -1.49. The summed E-state index contributed by atoms with van der Waals surface area (Å²) >= 11 is 0. The average Bonchev–Trinajstić information content (AvgIpc) is 3.10. The van der Waals surface area contributed by atoms with Crippen molar-refractivity contribution < 1.29 is 39.5 Å². The number of ether oxygens (including phenoxy) is 1.